The highest BCUT2D eigenvalue weighted by Crippen LogP contribution is 2.24. The van der Waals surface area contributed by atoms with Gasteiger partial charge in [-0.15, -0.1) is 11.3 Å². The van der Waals surface area contributed by atoms with Gasteiger partial charge in [-0.3, -0.25) is 4.79 Å². The highest BCUT2D eigenvalue weighted by molar-refractivity contribution is 9.11. The zero-order valence-electron chi connectivity index (χ0n) is 10.3. The molecule has 2 rings (SSSR count). The van der Waals surface area contributed by atoms with Crippen LogP contribution >= 0.6 is 27.3 Å². The minimum absolute atomic E-state index is 0.0472. The second-order valence-electron chi connectivity index (χ2n) is 4.01. The Morgan fingerprint density at radius 2 is 2.11 bits per heavy atom. The molecule has 1 aromatic carbocycles. The summed E-state index contributed by atoms with van der Waals surface area (Å²) in [4.78, 5) is 14.6. The van der Waals surface area contributed by atoms with Crippen LogP contribution in [0.3, 0.4) is 0 Å². The number of rotatable bonds is 4. The van der Waals surface area contributed by atoms with E-state index in [2.05, 4.69) is 22.0 Å². The number of carbonyl (C=O) groups excluding carboxylic acids is 1. The molecule has 0 aliphatic carbocycles. The van der Waals surface area contributed by atoms with Gasteiger partial charge in [0.05, 0.1) is 26.5 Å². The summed E-state index contributed by atoms with van der Waals surface area (Å²) in [5.41, 5.74) is 1.35. The topological polar surface area (TPSA) is 44.1 Å². The van der Waals surface area contributed by atoms with Crippen molar-refractivity contribution in [3.05, 3.63) is 50.6 Å². The van der Waals surface area contributed by atoms with Gasteiger partial charge in [-0.05, 0) is 40.2 Å². The first kappa shape index (κ1) is 13.8. The molecule has 0 spiro atoms. The number of benzene rings is 1. The molecule has 1 aromatic heterocycles. The van der Waals surface area contributed by atoms with E-state index in [0.717, 1.165) is 9.47 Å². The van der Waals surface area contributed by atoms with Crippen molar-refractivity contribution in [3.8, 4) is 6.07 Å². The number of nitriles is 1. The number of hydrogen-bond acceptors (Lipinski definition) is 4. The smallest absolute Gasteiger partial charge is 0.192 e. The minimum Gasteiger partial charge on any atom is -0.366 e. The molecule has 0 N–H and O–H groups in total. The molecule has 2 aromatic rings. The Hall–Kier alpha value is -1.64. The van der Waals surface area contributed by atoms with Crippen molar-refractivity contribution in [3.63, 3.8) is 0 Å². The number of thiophene rings is 1. The molecular weight excluding hydrogens is 324 g/mol. The van der Waals surface area contributed by atoms with Crippen molar-refractivity contribution in [1.29, 1.82) is 5.26 Å². The van der Waals surface area contributed by atoms with Gasteiger partial charge in [0.25, 0.3) is 0 Å². The zero-order chi connectivity index (χ0) is 13.8. The van der Waals surface area contributed by atoms with E-state index in [4.69, 9.17) is 5.26 Å². The molecule has 5 heteroatoms. The van der Waals surface area contributed by atoms with Crippen LogP contribution in [0.4, 0.5) is 5.69 Å². The summed E-state index contributed by atoms with van der Waals surface area (Å²) in [5, 5.41) is 9.06. The summed E-state index contributed by atoms with van der Waals surface area (Å²) in [7, 11) is 1.82. The standard InChI is InChI=1S/C14H11BrN2OS/c1-17(11-5-3-2-4-10(11)8-16)9-12(18)13-6-7-14(15)19-13/h2-7H,9H2,1H3. The number of Topliss-reactive ketones (excluding diaryl/α,β-unsaturated/α-hetero) is 1. The number of para-hydroxylation sites is 1. The summed E-state index contributed by atoms with van der Waals surface area (Å²) < 4.78 is 0.941. The Kier molecular flexibility index (Phi) is 4.35. The maximum absolute atomic E-state index is 12.1. The lowest BCUT2D eigenvalue weighted by molar-refractivity contribution is 0.100. The number of nitrogens with zero attached hydrogens (tertiary/aromatic N) is 2. The quantitative estimate of drug-likeness (QED) is 0.800. The van der Waals surface area contributed by atoms with Gasteiger partial charge in [0.1, 0.15) is 6.07 Å². The minimum atomic E-state index is 0.0472. The number of anilines is 1. The van der Waals surface area contributed by atoms with Crippen molar-refractivity contribution >= 4 is 38.7 Å². The van der Waals surface area contributed by atoms with Crippen molar-refractivity contribution in [2.45, 2.75) is 0 Å². The fourth-order valence-electron chi connectivity index (χ4n) is 1.74. The van der Waals surface area contributed by atoms with Crippen LogP contribution in [0.15, 0.2) is 40.2 Å². The molecule has 0 amide bonds. The molecule has 0 aliphatic heterocycles. The molecule has 0 aliphatic rings. The van der Waals surface area contributed by atoms with Crippen LogP contribution in [0.2, 0.25) is 0 Å². The average Bonchev–Trinajstić information content (AvgIpc) is 2.85. The van der Waals surface area contributed by atoms with Gasteiger partial charge in [0.15, 0.2) is 5.78 Å². The predicted molar refractivity (Wildman–Crippen MR) is 80.8 cm³/mol. The molecule has 0 fully saturated rings. The van der Waals surface area contributed by atoms with Gasteiger partial charge in [-0.25, -0.2) is 0 Å². The Morgan fingerprint density at radius 1 is 1.37 bits per heavy atom. The Morgan fingerprint density at radius 3 is 2.74 bits per heavy atom. The Balaban J connectivity index is 2.15. The summed E-state index contributed by atoms with van der Waals surface area (Å²) in [6.07, 6.45) is 0. The van der Waals surface area contributed by atoms with E-state index in [1.54, 1.807) is 17.0 Å². The number of halogens is 1. The average molecular weight is 335 g/mol. The lowest BCUT2D eigenvalue weighted by Gasteiger charge is -2.19. The molecule has 0 saturated carbocycles. The predicted octanol–water partition coefficient (Wildman–Crippen LogP) is 3.70. The molecule has 0 unspecified atom stereocenters. The SMILES string of the molecule is CN(CC(=O)c1ccc(Br)s1)c1ccccc1C#N. The van der Waals surface area contributed by atoms with Crippen molar-refractivity contribution in [1.82, 2.24) is 0 Å². The number of carbonyl (C=O) groups is 1. The van der Waals surface area contributed by atoms with E-state index in [0.29, 0.717) is 10.4 Å². The number of hydrogen-bond donors (Lipinski definition) is 0. The summed E-state index contributed by atoms with van der Waals surface area (Å²) in [6, 6.07) is 13.1. The molecule has 0 radical (unpaired) electrons. The van der Waals surface area contributed by atoms with Crippen LogP contribution in [-0.4, -0.2) is 19.4 Å². The monoisotopic (exact) mass is 334 g/mol. The number of likely N-dealkylation sites (N-methyl/N-ethyl adjacent to an activating group) is 1. The number of ketones is 1. The van der Waals surface area contributed by atoms with Gasteiger partial charge in [0, 0.05) is 7.05 Å². The summed E-state index contributed by atoms with van der Waals surface area (Å²) >= 11 is 4.76. The molecule has 0 atom stereocenters. The normalized spacial score (nSPS) is 9.95. The third-order valence-corrected chi connectivity index (χ3v) is 4.33. The molecule has 96 valence electrons. The molecule has 0 saturated heterocycles. The highest BCUT2D eigenvalue weighted by atomic mass is 79.9. The molecule has 0 bridgehead atoms. The first-order valence-corrected chi connectivity index (χ1v) is 7.21. The van der Waals surface area contributed by atoms with Crippen molar-refractivity contribution in [2.75, 3.05) is 18.5 Å². The van der Waals surface area contributed by atoms with Crippen LogP contribution in [0, 0.1) is 11.3 Å². The fourth-order valence-corrected chi connectivity index (χ4v) is 3.06. The van der Waals surface area contributed by atoms with Crippen molar-refractivity contribution < 1.29 is 4.79 Å². The van der Waals surface area contributed by atoms with Gasteiger partial charge in [0.2, 0.25) is 0 Å². The molecule has 3 nitrogen and oxygen atoms in total. The van der Waals surface area contributed by atoms with Crippen LogP contribution < -0.4 is 4.90 Å². The Bertz CT molecular complexity index is 645. The Labute approximate surface area is 124 Å². The zero-order valence-corrected chi connectivity index (χ0v) is 12.7. The van der Waals surface area contributed by atoms with E-state index >= 15 is 0 Å². The van der Waals surface area contributed by atoms with Gasteiger partial charge in [-0.2, -0.15) is 5.26 Å². The maximum Gasteiger partial charge on any atom is 0.192 e. The van der Waals surface area contributed by atoms with Crippen LogP contribution in [0.25, 0.3) is 0 Å². The lowest BCUT2D eigenvalue weighted by Crippen LogP contribution is -2.25. The van der Waals surface area contributed by atoms with E-state index in [1.807, 2.05) is 31.3 Å². The summed E-state index contributed by atoms with van der Waals surface area (Å²) in [6.45, 7) is 0.256. The summed E-state index contributed by atoms with van der Waals surface area (Å²) in [5.74, 6) is 0.0472. The van der Waals surface area contributed by atoms with Crippen LogP contribution in [0.1, 0.15) is 15.2 Å². The third-order valence-electron chi connectivity index (χ3n) is 2.66. The van der Waals surface area contributed by atoms with Gasteiger partial charge in [-0.1, -0.05) is 12.1 Å². The first-order chi connectivity index (χ1) is 9.11. The molecule has 19 heavy (non-hydrogen) atoms. The van der Waals surface area contributed by atoms with E-state index < -0.39 is 0 Å². The van der Waals surface area contributed by atoms with Crippen LogP contribution in [-0.2, 0) is 0 Å². The molecular formula is C14H11BrN2OS. The molecule has 1 heterocycles. The highest BCUT2D eigenvalue weighted by Gasteiger charge is 2.14. The largest absolute Gasteiger partial charge is 0.366 e. The third kappa shape index (κ3) is 3.22. The first-order valence-electron chi connectivity index (χ1n) is 5.60. The van der Waals surface area contributed by atoms with E-state index in [-0.39, 0.29) is 12.3 Å². The van der Waals surface area contributed by atoms with Crippen LogP contribution in [0.5, 0.6) is 0 Å². The second kappa shape index (κ2) is 6.00. The second-order valence-corrected chi connectivity index (χ2v) is 6.47. The van der Waals surface area contributed by atoms with Crippen molar-refractivity contribution in [2.24, 2.45) is 0 Å². The lowest BCUT2D eigenvalue weighted by atomic mass is 10.1. The van der Waals surface area contributed by atoms with Gasteiger partial charge < -0.3 is 4.90 Å². The maximum atomic E-state index is 12.1. The fraction of sp³-hybridized carbons (Fsp3) is 0.143. The van der Waals surface area contributed by atoms with E-state index in [1.165, 1.54) is 11.3 Å². The van der Waals surface area contributed by atoms with Gasteiger partial charge >= 0.3 is 0 Å². The van der Waals surface area contributed by atoms with E-state index in [9.17, 15) is 4.79 Å².